The van der Waals surface area contributed by atoms with Gasteiger partial charge in [-0.1, -0.05) is 18.2 Å². The van der Waals surface area contributed by atoms with Crippen molar-refractivity contribution < 1.29 is 32.2 Å². The Morgan fingerprint density at radius 1 is 1.17 bits per heavy atom. The zero-order chi connectivity index (χ0) is 34.4. The van der Waals surface area contributed by atoms with E-state index in [1.807, 2.05) is 30.3 Å². The van der Waals surface area contributed by atoms with E-state index in [-0.39, 0.29) is 37.1 Å². The number of carbonyl (C=O) groups excluding carboxylic acids is 2. The Morgan fingerprint density at radius 3 is 2.58 bits per heavy atom. The van der Waals surface area contributed by atoms with E-state index in [1.54, 1.807) is 37.1 Å². The number of aliphatic hydroxyl groups is 1. The number of nitrogens with zero attached hydrogens (tertiary/aromatic N) is 3. The number of ether oxygens (including phenoxy) is 1. The average molecular weight is 695 g/mol. The molecule has 4 aromatic rings. The number of benzene rings is 2. The van der Waals surface area contributed by atoms with Gasteiger partial charge in [0.15, 0.2) is 5.69 Å². The number of aromatic nitrogens is 2. The molecule has 1 atom stereocenters. The maximum absolute atomic E-state index is 15.0. The highest BCUT2D eigenvalue weighted by atomic mass is 32.2. The van der Waals surface area contributed by atoms with Gasteiger partial charge in [-0.05, 0) is 94.2 Å². The van der Waals surface area contributed by atoms with Crippen LogP contribution in [-0.4, -0.2) is 53.7 Å². The second kappa shape index (κ2) is 13.2. The van der Waals surface area contributed by atoms with Gasteiger partial charge in [-0.25, -0.2) is 27.7 Å². The van der Waals surface area contributed by atoms with E-state index in [2.05, 4.69) is 9.55 Å². The minimum absolute atomic E-state index is 0.0595. The van der Waals surface area contributed by atoms with Gasteiger partial charge < -0.3 is 19.3 Å². The molecule has 1 aliphatic carbocycles. The SMILES string of the molecule is CCOC(=O)c1csc(-c2cc(-c3cccc(N4CCC(C(C)(C)O)CC4=O)c3)n(Cc3ccc(S(N)(=O)=O)c(F)c3)c2CC2CC2)n1. The zero-order valence-corrected chi connectivity index (χ0v) is 28.7. The van der Waals surface area contributed by atoms with Gasteiger partial charge in [0.05, 0.1) is 12.2 Å². The van der Waals surface area contributed by atoms with Crippen LogP contribution in [0, 0.1) is 17.7 Å². The molecule has 1 unspecified atom stereocenters. The Balaban J connectivity index is 1.45. The number of carbonyl (C=O) groups is 2. The van der Waals surface area contributed by atoms with Crippen molar-refractivity contribution in [3.05, 3.63) is 76.7 Å². The van der Waals surface area contributed by atoms with E-state index in [4.69, 9.17) is 9.88 Å². The van der Waals surface area contributed by atoms with E-state index in [0.29, 0.717) is 29.5 Å². The molecule has 3 N–H and O–H groups in total. The van der Waals surface area contributed by atoms with Gasteiger partial charge in [0, 0.05) is 53.1 Å². The van der Waals surface area contributed by atoms with Crippen LogP contribution >= 0.6 is 11.3 Å². The lowest BCUT2D eigenvalue weighted by molar-refractivity contribution is -0.123. The summed E-state index contributed by atoms with van der Waals surface area (Å²) in [5, 5.41) is 18.1. The third-order valence-corrected chi connectivity index (χ3v) is 10.9. The molecule has 13 heteroatoms. The molecule has 0 spiro atoms. The molecule has 254 valence electrons. The Hall–Kier alpha value is -3.91. The van der Waals surface area contributed by atoms with Crippen molar-refractivity contribution >= 4 is 38.9 Å². The van der Waals surface area contributed by atoms with E-state index in [1.165, 1.54) is 23.5 Å². The van der Waals surface area contributed by atoms with Crippen LogP contribution in [-0.2, 0) is 32.5 Å². The van der Waals surface area contributed by atoms with Crippen molar-refractivity contribution in [1.29, 1.82) is 0 Å². The number of sulfonamides is 1. The summed E-state index contributed by atoms with van der Waals surface area (Å²) < 4.78 is 46.1. The lowest BCUT2D eigenvalue weighted by atomic mass is 9.82. The van der Waals surface area contributed by atoms with Crippen molar-refractivity contribution in [2.24, 2.45) is 17.0 Å². The fraction of sp³-hybridized carbons (Fsp3) is 0.400. The molecule has 1 aliphatic heterocycles. The molecular formula is C35H39FN4O6S2. The van der Waals surface area contributed by atoms with Crippen LogP contribution in [0.2, 0.25) is 0 Å². The molecule has 2 fully saturated rings. The van der Waals surface area contributed by atoms with Gasteiger partial charge in [-0.3, -0.25) is 4.79 Å². The Kier molecular flexibility index (Phi) is 9.33. The van der Waals surface area contributed by atoms with Gasteiger partial charge in [-0.15, -0.1) is 11.3 Å². The van der Waals surface area contributed by atoms with Crippen LogP contribution in [0.15, 0.2) is 58.8 Å². The molecule has 1 saturated carbocycles. The third-order valence-electron chi connectivity index (χ3n) is 9.13. The predicted molar refractivity (Wildman–Crippen MR) is 182 cm³/mol. The van der Waals surface area contributed by atoms with Gasteiger partial charge in [0.2, 0.25) is 15.9 Å². The maximum atomic E-state index is 15.0. The number of hydrogen-bond acceptors (Lipinski definition) is 8. The van der Waals surface area contributed by atoms with Crippen molar-refractivity contribution in [1.82, 2.24) is 9.55 Å². The van der Waals surface area contributed by atoms with Crippen molar-refractivity contribution in [3.63, 3.8) is 0 Å². The van der Waals surface area contributed by atoms with Gasteiger partial charge >= 0.3 is 5.97 Å². The molecule has 6 rings (SSSR count). The number of nitrogens with two attached hydrogens (primary N) is 1. The highest BCUT2D eigenvalue weighted by Gasteiger charge is 2.35. The molecule has 2 aliphatic rings. The van der Waals surface area contributed by atoms with Gasteiger partial charge in [0.25, 0.3) is 0 Å². The van der Waals surface area contributed by atoms with Crippen molar-refractivity contribution in [2.75, 3.05) is 18.1 Å². The van der Waals surface area contributed by atoms with Crippen LogP contribution < -0.4 is 10.0 Å². The molecule has 2 aromatic carbocycles. The molecule has 48 heavy (non-hydrogen) atoms. The summed E-state index contributed by atoms with van der Waals surface area (Å²) in [5.74, 6) is -1.16. The summed E-state index contributed by atoms with van der Waals surface area (Å²) in [6, 6.07) is 13.6. The number of anilines is 1. The number of amides is 1. The zero-order valence-electron chi connectivity index (χ0n) is 27.1. The molecule has 0 bridgehead atoms. The smallest absolute Gasteiger partial charge is 0.357 e. The Bertz CT molecular complexity index is 1980. The molecule has 1 amide bonds. The Labute approximate surface area is 283 Å². The number of piperidine rings is 1. The van der Waals surface area contributed by atoms with Crippen LogP contribution in [0.1, 0.15) is 68.2 Å². The minimum atomic E-state index is -4.24. The van der Waals surface area contributed by atoms with Crippen LogP contribution in [0.3, 0.4) is 0 Å². The number of primary sulfonamides is 1. The van der Waals surface area contributed by atoms with E-state index in [9.17, 15) is 23.1 Å². The van der Waals surface area contributed by atoms with Gasteiger partial charge in [0.1, 0.15) is 15.7 Å². The summed E-state index contributed by atoms with van der Waals surface area (Å²) in [7, 11) is -4.24. The van der Waals surface area contributed by atoms with Crippen LogP contribution in [0.25, 0.3) is 21.8 Å². The maximum Gasteiger partial charge on any atom is 0.357 e. The topological polar surface area (TPSA) is 145 Å². The highest BCUT2D eigenvalue weighted by Crippen LogP contribution is 2.42. The lowest BCUT2D eigenvalue weighted by Crippen LogP contribution is -2.45. The molecule has 3 heterocycles. The van der Waals surface area contributed by atoms with Crippen LogP contribution in [0.5, 0.6) is 0 Å². The first-order chi connectivity index (χ1) is 22.7. The van der Waals surface area contributed by atoms with Crippen molar-refractivity contribution in [3.8, 4) is 21.8 Å². The number of hydrogen-bond donors (Lipinski definition) is 2. The van der Waals surface area contributed by atoms with Crippen molar-refractivity contribution in [2.45, 2.75) is 69.9 Å². The van der Waals surface area contributed by atoms with Crippen LogP contribution in [0.4, 0.5) is 10.1 Å². The van der Waals surface area contributed by atoms with E-state index in [0.717, 1.165) is 47.5 Å². The highest BCUT2D eigenvalue weighted by molar-refractivity contribution is 7.89. The first-order valence-corrected chi connectivity index (χ1v) is 18.4. The second-order valence-corrected chi connectivity index (χ2v) is 15.5. The average Bonchev–Trinajstić information content (AvgIpc) is 3.58. The fourth-order valence-electron chi connectivity index (χ4n) is 6.30. The third kappa shape index (κ3) is 7.24. The predicted octanol–water partition coefficient (Wildman–Crippen LogP) is 5.76. The first kappa shape index (κ1) is 34.0. The molecular weight excluding hydrogens is 656 g/mol. The minimum Gasteiger partial charge on any atom is -0.461 e. The monoisotopic (exact) mass is 694 g/mol. The Morgan fingerprint density at radius 2 is 1.94 bits per heavy atom. The van der Waals surface area contributed by atoms with E-state index < -0.39 is 32.3 Å². The lowest BCUT2D eigenvalue weighted by Gasteiger charge is -2.37. The number of esters is 1. The molecule has 2 aromatic heterocycles. The summed E-state index contributed by atoms with van der Waals surface area (Å²) >= 11 is 1.34. The number of thiazole rings is 1. The number of rotatable bonds is 11. The number of halogens is 1. The molecule has 0 radical (unpaired) electrons. The summed E-state index contributed by atoms with van der Waals surface area (Å²) in [6.45, 7) is 6.13. The fourth-order valence-corrected chi connectivity index (χ4v) is 7.72. The van der Waals surface area contributed by atoms with Gasteiger partial charge in [-0.2, -0.15) is 0 Å². The van der Waals surface area contributed by atoms with E-state index >= 15 is 4.39 Å². The normalized spacial score (nSPS) is 17.2. The molecule has 1 saturated heterocycles. The first-order valence-electron chi connectivity index (χ1n) is 16.0. The summed E-state index contributed by atoms with van der Waals surface area (Å²) in [4.78, 5) is 31.6. The standard InChI is InChI=1S/C35H39FN4O6S2/c1-4-46-34(42)28-20-47-33(38-28)26-18-29(23-6-5-7-25(16-23)39-13-12-24(17-32(39)41)35(2,3)43)40(30(26)15-21-8-9-21)19-22-10-11-31(27(36)14-22)48(37,44)45/h5-7,10-11,14,16,18,20-21,24,43H,4,8-9,12-13,15,17,19H2,1-3H3,(H2,37,44,45). The summed E-state index contributed by atoms with van der Waals surface area (Å²) in [6.07, 6.45) is 3.78. The molecule has 10 nitrogen and oxygen atoms in total. The quantitative estimate of drug-likeness (QED) is 0.190. The largest absolute Gasteiger partial charge is 0.461 e. The second-order valence-electron chi connectivity index (χ2n) is 13.1. The summed E-state index contributed by atoms with van der Waals surface area (Å²) in [5.41, 5.74) is 3.95.